The van der Waals surface area contributed by atoms with Gasteiger partial charge in [-0.1, -0.05) is 18.2 Å². The Morgan fingerprint density at radius 3 is 3.04 bits per heavy atom. The predicted octanol–water partition coefficient (Wildman–Crippen LogP) is 4.07. The van der Waals surface area contributed by atoms with Gasteiger partial charge in [0.15, 0.2) is 0 Å². The first-order valence-corrected chi connectivity index (χ1v) is 8.22. The van der Waals surface area contributed by atoms with E-state index in [1.807, 2.05) is 37.4 Å². The van der Waals surface area contributed by atoms with Gasteiger partial charge in [-0.05, 0) is 57.5 Å². The summed E-state index contributed by atoms with van der Waals surface area (Å²) < 4.78 is 2.08. The van der Waals surface area contributed by atoms with E-state index in [2.05, 4.69) is 40.6 Å². The highest BCUT2D eigenvalue weighted by atomic mass is 15.1. The molecule has 1 aliphatic rings. The molecule has 0 aromatic carbocycles. The van der Waals surface area contributed by atoms with Crippen molar-refractivity contribution >= 4 is 12.4 Å². The first kappa shape index (κ1) is 15.7. The van der Waals surface area contributed by atoms with E-state index in [1.165, 1.54) is 12.0 Å². The number of piperidine rings is 1. The largest absolute Gasteiger partial charge is 0.307 e. The van der Waals surface area contributed by atoms with Gasteiger partial charge in [0.05, 0.1) is 23.5 Å². The van der Waals surface area contributed by atoms with Crippen LogP contribution in [0.5, 0.6) is 0 Å². The second-order valence-corrected chi connectivity index (χ2v) is 6.06. The molecule has 0 saturated carbocycles. The van der Waals surface area contributed by atoms with Gasteiger partial charge in [0, 0.05) is 12.4 Å². The van der Waals surface area contributed by atoms with Crippen molar-refractivity contribution in [2.75, 3.05) is 0 Å². The van der Waals surface area contributed by atoms with E-state index in [-0.39, 0.29) is 12.1 Å². The summed E-state index contributed by atoms with van der Waals surface area (Å²) in [6, 6.07) is 6.59. The van der Waals surface area contributed by atoms with Gasteiger partial charge in [-0.15, -0.1) is 0 Å². The van der Waals surface area contributed by atoms with Crippen LogP contribution in [0, 0.1) is 0 Å². The second-order valence-electron chi connectivity index (χ2n) is 6.06. The number of hydrogen-bond donors (Lipinski definition) is 1. The van der Waals surface area contributed by atoms with Gasteiger partial charge in [-0.25, -0.2) is 4.98 Å². The number of imidazole rings is 1. The quantitative estimate of drug-likeness (QED) is 0.683. The van der Waals surface area contributed by atoms with Gasteiger partial charge in [-0.3, -0.25) is 4.99 Å². The standard InChI is InChI=1S/C19H24N4/c1-4-8-14(2)19(20-3)16-10-7-9-15(21-16)17-13-23-12-6-5-11-18(23)22-17/h4-6,8,11-13,15-16,21H,3,7,9-10H2,1-2H3/b8-4-,19-14-/t15-,16+/m1/s1. The molecule has 23 heavy (non-hydrogen) atoms. The van der Waals surface area contributed by atoms with Crippen LogP contribution in [0.3, 0.4) is 0 Å². The summed E-state index contributed by atoms with van der Waals surface area (Å²) in [4.78, 5) is 9.05. The summed E-state index contributed by atoms with van der Waals surface area (Å²) >= 11 is 0. The minimum absolute atomic E-state index is 0.243. The highest BCUT2D eigenvalue weighted by molar-refractivity contribution is 5.40. The molecule has 0 unspecified atom stereocenters. The highest BCUT2D eigenvalue weighted by Crippen LogP contribution is 2.29. The minimum atomic E-state index is 0.243. The normalized spacial score (nSPS) is 23.2. The van der Waals surface area contributed by atoms with Crippen LogP contribution < -0.4 is 5.32 Å². The molecule has 4 heteroatoms. The van der Waals surface area contributed by atoms with Crippen LogP contribution in [0.4, 0.5) is 0 Å². The van der Waals surface area contributed by atoms with Crippen LogP contribution in [0.25, 0.3) is 5.65 Å². The number of nitrogens with one attached hydrogen (secondary N) is 1. The molecule has 1 aliphatic heterocycles. The number of aliphatic imine (C=N–C) groups is 1. The maximum atomic E-state index is 4.76. The molecule has 2 atom stereocenters. The summed E-state index contributed by atoms with van der Waals surface area (Å²) in [5.41, 5.74) is 4.33. The van der Waals surface area contributed by atoms with Crippen LogP contribution in [-0.2, 0) is 0 Å². The lowest BCUT2D eigenvalue weighted by molar-refractivity contribution is 0.346. The number of fused-ring (bicyclic) bond motifs is 1. The van der Waals surface area contributed by atoms with Crippen molar-refractivity contribution in [2.45, 2.75) is 45.2 Å². The Bertz CT molecular complexity index is 721. The molecule has 2 aromatic rings. The zero-order chi connectivity index (χ0) is 16.2. The summed E-state index contributed by atoms with van der Waals surface area (Å²) in [6.07, 6.45) is 11.7. The van der Waals surface area contributed by atoms with Crippen LogP contribution in [0.1, 0.15) is 44.8 Å². The van der Waals surface area contributed by atoms with Crippen LogP contribution in [-0.4, -0.2) is 22.1 Å². The molecule has 0 amide bonds. The third-order valence-corrected chi connectivity index (χ3v) is 4.45. The fourth-order valence-electron chi connectivity index (χ4n) is 3.35. The van der Waals surface area contributed by atoms with Crippen LogP contribution in [0.15, 0.2) is 59.0 Å². The molecule has 0 spiro atoms. The van der Waals surface area contributed by atoms with Gasteiger partial charge in [0.1, 0.15) is 5.65 Å². The summed E-state index contributed by atoms with van der Waals surface area (Å²) in [5, 5.41) is 3.72. The van der Waals surface area contributed by atoms with Crippen molar-refractivity contribution in [3.63, 3.8) is 0 Å². The first-order chi connectivity index (χ1) is 11.2. The molecule has 0 radical (unpaired) electrons. The Morgan fingerprint density at radius 2 is 2.30 bits per heavy atom. The van der Waals surface area contributed by atoms with Gasteiger partial charge < -0.3 is 9.72 Å². The van der Waals surface area contributed by atoms with E-state index in [4.69, 9.17) is 4.98 Å². The number of nitrogens with zero attached hydrogens (tertiary/aromatic N) is 3. The smallest absolute Gasteiger partial charge is 0.137 e. The molecule has 120 valence electrons. The number of hydrogen-bond acceptors (Lipinski definition) is 3. The Balaban J connectivity index is 1.85. The average molecular weight is 308 g/mol. The molecule has 0 aliphatic carbocycles. The molecule has 3 heterocycles. The highest BCUT2D eigenvalue weighted by Gasteiger charge is 2.26. The van der Waals surface area contributed by atoms with E-state index >= 15 is 0 Å². The third-order valence-electron chi connectivity index (χ3n) is 4.45. The van der Waals surface area contributed by atoms with E-state index in [1.54, 1.807) is 0 Å². The second kappa shape index (κ2) is 6.92. The number of pyridine rings is 1. The van der Waals surface area contributed by atoms with Gasteiger partial charge in [0.2, 0.25) is 0 Å². The summed E-state index contributed by atoms with van der Waals surface area (Å²) in [6.45, 7) is 7.89. The van der Waals surface area contributed by atoms with Crippen LogP contribution in [0.2, 0.25) is 0 Å². The number of rotatable bonds is 4. The zero-order valence-electron chi connectivity index (χ0n) is 13.9. The molecular weight excluding hydrogens is 284 g/mol. The zero-order valence-corrected chi connectivity index (χ0v) is 13.9. The van der Waals surface area contributed by atoms with Crippen molar-refractivity contribution < 1.29 is 0 Å². The number of allylic oxidation sites excluding steroid dienone is 3. The summed E-state index contributed by atoms with van der Waals surface area (Å²) in [7, 11) is 0. The topological polar surface area (TPSA) is 41.7 Å². The fourth-order valence-corrected chi connectivity index (χ4v) is 3.35. The van der Waals surface area contributed by atoms with Crippen molar-refractivity contribution in [1.82, 2.24) is 14.7 Å². The van der Waals surface area contributed by atoms with E-state index in [0.29, 0.717) is 0 Å². The maximum absolute atomic E-state index is 4.76. The Kier molecular flexibility index (Phi) is 4.72. The molecule has 1 saturated heterocycles. The van der Waals surface area contributed by atoms with E-state index in [9.17, 15) is 0 Å². The van der Waals surface area contributed by atoms with E-state index < -0.39 is 0 Å². The number of aromatic nitrogens is 2. The Labute approximate surface area is 137 Å². The molecule has 4 nitrogen and oxygen atoms in total. The molecule has 1 N–H and O–H groups in total. The maximum Gasteiger partial charge on any atom is 0.137 e. The third kappa shape index (κ3) is 3.27. The average Bonchev–Trinajstić information content (AvgIpc) is 3.00. The lowest BCUT2D eigenvalue weighted by atomic mass is 9.93. The van der Waals surface area contributed by atoms with Crippen molar-refractivity contribution in [1.29, 1.82) is 0 Å². The molecule has 3 rings (SSSR count). The van der Waals surface area contributed by atoms with Crippen LogP contribution >= 0.6 is 0 Å². The van der Waals surface area contributed by atoms with Crippen molar-refractivity contribution in [3.8, 4) is 0 Å². The molecule has 1 fully saturated rings. The molecular formula is C19H24N4. The van der Waals surface area contributed by atoms with E-state index in [0.717, 1.165) is 29.9 Å². The lowest BCUT2D eigenvalue weighted by Gasteiger charge is -2.31. The fraction of sp³-hybridized carbons (Fsp3) is 0.368. The van der Waals surface area contributed by atoms with Gasteiger partial charge in [0.25, 0.3) is 0 Å². The monoisotopic (exact) mass is 308 g/mol. The predicted molar refractivity (Wildman–Crippen MR) is 95.8 cm³/mol. The lowest BCUT2D eigenvalue weighted by Crippen LogP contribution is -2.38. The van der Waals surface area contributed by atoms with Crippen molar-refractivity contribution in [3.05, 3.63) is 59.7 Å². The molecule has 0 bridgehead atoms. The van der Waals surface area contributed by atoms with Gasteiger partial charge >= 0.3 is 0 Å². The minimum Gasteiger partial charge on any atom is -0.307 e. The van der Waals surface area contributed by atoms with Crippen molar-refractivity contribution in [2.24, 2.45) is 4.99 Å². The summed E-state index contributed by atoms with van der Waals surface area (Å²) in [5.74, 6) is 0. The SMILES string of the molecule is C=N/C(=C(C)\C=C/C)[C@@H]1CCC[C@H](c2cn3ccccc3n2)N1. The Morgan fingerprint density at radius 1 is 1.43 bits per heavy atom. The van der Waals surface area contributed by atoms with Gasteiger partial charge in [-0.2, -0.15) is 0 Å². The molecule has 2 aromatic heterocycles. The Hall–Kier alpha value is -2.20. The first-order valence-electron chi connectivity index (χ1n) is 8.22.